The van der Waals surface area contributed by atoms with Gasteiger partial charge in [0.2, 0.25) is 15.9 Å². The minimum absolute atomic E-state index is 0.0464. The Balaban J connectivity index is 1.83. The van der Waals surface area contributed by atoms with Crippen molar-refractivity contribution in [2.24, 2.45) is 0 Å². The fourth-order valence-electron chi connectivity index (χ4n) is 3.67. The number of hydrogen-bond donors (Lipinski definition) is 1. The van der Waals surface area contributed by atoms with Gasteiger partial charge in [0.05, 0.1) is 5.69 Å². The largest absolute Gasteiger partial charge is 0.310 e. The first kappa shape index (κ1) is 19.6. The molecule has 1 heterocycles. The summed E-state index contributed by atoms with van der Waals surface area (Å²) in [5.41, 5.74) is 2.78. The van der Waals surface area contributed by atoms with E-state index in [1.807, 2.05) is 6.07 Å². The molecular weight excluding hydrogens is 416 g/mol. The molecule has 7 heteroatoms. The number of benzene rings is 1. The van der Waals surface area contributed by atoms with Crippen molar-refractivity contribution >= 4 is 37.5 Å². The number of nitrogens with one attached hydrogen (secondary N) is 1. The van der Waals surface area contributed by atoms with Crippen LogP contribution in [0.1, 0.15) is 51.0 Å². The van der Waals surface area contributed by atoms with E-state index in [2.05, 4.69) is 26.7 Å². The maximum atomic E-state index is 13.0. The molecule has 0 atom stereocenters. The van der Waals surface area contributed by atoms with Crippen LogP contribution in [-0.2, 0) is 21.2 Å². The predicted octanol–water partition coefficient (Wildman–Crippen LogP) is 3.92. The van der Waals surface area contributed by atoms with Crippen LogP contribution in [0.2, 0.25) is 0 Å². The molecule has 0 spiro atoms. The highest BCUT2D eigenvalue weighted by atomic mass is 79.9. The summed E-state index contributed by atoms with van der Waals surface area (Å²) >= 11 is 3.41. The molecule has 5 nitrogen and oxygen atoms in total. The van der Waals surface area contributed by atoms with E-state index >= 15 is 0 Å². The van der Waals surface area contributed by atoms with E-state index < -0.39 is 10.0 Å². The molecule has 1 N–H and O–H groups in total. The van der Waals surface area contributed by atoms with Crippen molar-refractivity contribution in [3.8, 4) is 0 Å². The molecule has 26 heavy (non-hydrogen) atoms. The Morgan fingerprint density at radius 1 is 1.27 bits per heavy atom. The quantitative estimate of drug-likeness (QED) is 0.681. The normalized spacial score (nSPS) is 17.2. The van der Waals surface area contributed by atoms with Crippen molar-refractivity contribution in [1.82, 2.24) is 4.72 Å². The van der Waals surface area contributed by atoms with Gasteiger partial charge in [-0.3, -0.25) is 4.79 Å². The number of sulfonamides is 1. The van der Waals surface area contributed by atoms with Crippen molar-refractivity contribution in [3.63, 3.8) is 0 Å². The molecule has 1 amide bonds. The average Bonchev–Trinajstić information content (AvgIpc) is 3.04. The zero-order valence-corrected chi connectivity index (χ0v) is 17.5. The van der Waals surface area contributed by atoms with Gasteiger partial charge in [-0.15, -0.1) is 0 Å². The highest BCUT2D eigenvalue weighted by Crippen LogP contribution is 2.37. The Bertz CT molecular complexity index is 833. The molecule has 3 rings (SSSR count). The average molecular weight is 441 g/mol. The molecule has 0 radical (unpaired) electrons. The van der Waals surface area contributed by atoms with E-state index in [9.17, 15) is 13.2 Å². The fraction of sp³-hybridized carbons (Fsp3) is 0.526. The van der Waals surface area contributed by atoms with Crippen LogP contribution < -0.4 is 9.62 Å². The smallest absolute Gasteiger partial charge is 0.242 e. The first-order valence-corrected chi connectivity index (χ1v) is 11.5. The third-order valence-electron chi connectivity index (χ3n) is 5.01. The van der Waals surface area contributed by atoms with Crippen molar-refractivity contribution in [2.45, 2.75) is 56.8 Å². The molecule has 0 saturated carbocycles. The van der Waals surface area contributed by atoms with Crippen molar-refractivity contribution in [1.29, 1.82) is 0 Å². The van der Waals surface area contributed by atoms with Gasteiger partial charge in [0.15, 0.2) is 0 Å². The van der Waals surface area contributed by atoms with Gasteiger partial charge in [0, 0.05) is 24.0 Å². The van der Waals surface area contributed by atoms with Gasteiger partial charge in [-0.05, 0) is 56.2 Å². The Morgan fingerprint density at radius 3 is 2.77 bits per heavy atom. The van der Waals surface area contributed by atoms with E-state index in [0.717, 1.165) is 29.3 Å². The van der Waals surface area contributed by atoms with Gasteiger partial charge in [-0.2, -0.15) is 0 Å². The number of anilines is 1. The standard InChI is InChI=1S/C19H25BrN2O3S/c1-2-18(23)22-11-9-15-12-16(20)13-17(19(15)22)26(24,25)21-10-8-14-6-4-3-5-7-14/h6,12-13,21H,2-5,7-11H2,1H3. The first-order valence-electron chi connectivity index (χ1n) is 9.22. The van der Waals surface area contributed by atoms with Gasteiger partial charge in [-0.1, -0.05) is 34.5 Å². The zero-order chi connectivity index (χ0) is 18.7. The van der Waals surface area contributed by atoms with Gasteiger partial charge in [-0.25, -0.2) is 13.1 Å². The molecule has 1 aromatic carbocycles. The predicted molar refractivity (Wildman–Crippen MR) is 107 cm³/mol. The lowest BCUT2D eigenvalue weighted by Crippen LogP contribution is -2.31. The van der Waals surface area contributed by atoms with E-state index in [-0.39, 0.29) is 10.8 Å². The number of nitrogens with zero attached hydrogens (tertiary/aromatic N) is 1. The Morgan fingerprint density at radius 2 is 2.08 bits per heavy atom. The zero-order valence-electron chi connectivity index (χ0n) is 15.1. The summed E-state index contributed by atoms with van der Waals surface area (Å²) < 4.78 is 29.4. The number of rotatable bonds is 6. The molecule has 142 valence electrons. The van der Waals surface area contributed by atoms with Crippen molar-refractivity contribution in [2.75, 3.05) is 18.0 Å². The molecule has 0 saturated heterocycles. The van der Waals surface area contributed by atoms with Crippen LogP contribution in [0, 0.1) is 0 Å². The molecule has 1 aliphatic heterocycles. The van der Waals surface area contributed by atoms with Crippen LogP contribution in [0.15, 0.2) is 33.2 Å². The second-order valence-corrected chi connectivity index (χ2v) is 9.47. The summed E-state index contributed by atoms with van der Waals surface area (Å²) in [6, 6.07) is 3.51. The Labute approximate surface area is 164 Å². The second kappa shape index (κ2) is 8.23. The SMILES string of the molecule is CCC(=O)N1CCc2cc(Br)cc(S(=O)(=O)NCCC3=CCCCC3)c21. The number of allylic oxidation sites excluding steroid dienone is 1. The van der Waals surface area contributed by atoms with Crippen LogP contribution in [-0.4, -0.2) is 27.4 Å². The van der Waals surface area contributed by atoms with Gasteiger partial charge < -0.3 is 4.90 Å². The third kappa shape index (κ3) is 4.21. The van der Waals surface area contributed by atoms with Gasteiger partial charge in [0.25, 0.3) is 0 Å². The summed E-state index contributed by atoms with van der Waals surface area (Å²) in [7, 11) is -3.68. The van der Waals surface area contributed by atoms with Gasteiger partial charge >= 0.3 is 0 Å². The number of fused-ring (bicyclic) bond motifs is 1. The van der Waals surface area contributed by atoms with E-state index in [0.29, 0.717) is 31.6 Å². The number of hydrogen-bond acceptors (Lipinski definition) is 3. The summed E-state index contributed by atoms with van der Waals surface area (Å²) in [5.74, 6) is -0.0464. The van der Waals surface area contributed by atoms with Crippen molar-refractivity contribution in [3.05, 3.63) is 33.8 Å². The Kier molecular flexibility index (Phi) is 6.20. The van der Waals surface area contributed by atoms with Crippen LogP contribution >= 0.6 is 15.9 Å². The highest BCUT2D eigenvalue weighted by Gasteiger charge is 2.31. The third-order valence-corrected chi connectivity index (χ3v) is 6.94. The minimum Gasteiger partial charge on any atom is -0.310 e. The molecule has 0 aromatic heterocycles. The molecule has 1 aromatic rings. The van der Waals surface area contributed by atoms with Crippen LogP contribution in [0.5, 0.6) is 0 Å². The van der Waals surface area contributed by atoms with Crippen LogP contribution in [0.25, 0.3) is 0 Å². The summed E-state index contributed by atoms with van der Waals surface area (Å²) in [5, 5.41) is 0. The molecule has 1 aliphatic carbocycles. The van der Waals surface area contributed by atoms with E-state index in [1.54, 1.807) is 17.9 Å². The topological polar surface area (TPSA) is 66.5 Å². The van der Waals surface area contributed by atoms with E-state index in [1.165, 1.54) is 18.4 Å². The molecular formula is C19H25BrN2O3S. The van der Waals surface area contributed by atoms with Crippen LogP contribution in [0.3, 0.4) is 0 Å². The molecule has 0 bridgehead atoms. The van der Waals surface area contributed by atoms with Crippen LogP contribution in [0.4, 0.5) is 5.69 Å². The molecule has 0 unspecified atom stereocenters. The number of carbonyl (C=O) groups excluding carboxylic acids is 1. The number of amides is 1. The maximum Gasteiger partial charge on any atom is 0.242 e. The summed E-state index contributed by atoms with van der Waals surface area (Å²) in [6.07, 6.45) is 8.57. The van der Waals surface area contributed by atoms with Crippen molar-refractivity contribution < 1.29 is 13.2 Å². The molecule has 2 aliphatic rings. The van der Waals surface area contributed by atoms with E-state index in [4.69, 9.17) is 0 Å². The minimum atomic E-state index is -3.68. The lowest BCUT2D eigenvalue weighted by molar-refractivity contribution is -0.118. The lowest BCUT2D eigenvalue weighted by Gasteiger charge is -2.20. The lowest BCUT2D eigenvalue weighted by atomic mass is 9.97. The highest BCUT2D eigenvalue weighted by molar-refractivity contribution is 9.10. The van der Waals surface area contributed by atoms with Gasteiger partial charge in [0.1, 0.15) is 4.90 Å². The fourth-order valence-corrected chi connectivity index (χ4v) is 5.63. The summed E-state index contributed by atoms with van der Waals surface area (Å²) in [4.78, 5) is 14.1. The first-order chi connectivity index (χ1) is 12.4. The number of carbonyl (C=O) groups is 1. The molecule has 0 fully saturated rings. The second-order valence-electron chi connectivity index (χ2n) is 6.82. The summed E-state index contributed by atoms with van der Waals surface area (Å²) in [6.45, 7) is 2.72. The number of halogens is 1. The Hall–Kier alpha value is -1.18. The monoisotopic (exact) mass is 440 g/mol. The maximum absolute atomic E-state index is 13.0.